The Hall–Kier alpha value is -2.17. The summed E-state index contributed by atoms with van der Waals surface area (Å²) in [5.74, 6) is 0.998. The number of rotatable bonds is 6. The lowest BCUT2D eigenvalue weighted by molar-refractivity contribution is -0.137. The second-order valence-electron chi connectivity index (χ2n) is 10.3. The van der Waals surface area contributed by atoms with Crippen LogP contribution < -0.4 is 11.1 Å². The van der Waals surface area contributed by atoms with Crippen LogP contribution in [0, 0.1) is 11.3 Å². The van der Waals surface area contributed by atoms with Crippen molar-refractivity contribution in [2.75, 3.05) is 19.6 Å². The average Bonchev–Trinajstić information content (AvgIpc) is 2.83. The third-order valence-corrected chi connectivity index (χ3v) is 8.61. The molecule has 0 bridgehead atoms. The van der Waals surface area contributed by atoms with Gasteiger partial charge in [-0.2, -0.15) is 0 Å². The summed E-state index contributed by atoms with van der Waals surface area (Å²) in [5, 5.41) is 3.62. The van der Waals surface area contributed by atoms with Crippen LogP contribution in [0.4, 0.5) is 0 Å². The van der Waals surface area contributed by atoms with Gasteiger partial charge < -0.3 is 11.1 Å². The number of primary amides is 1. The first-order valence-electron chi connectivity index (χ1n) is 12.5. The van der Waals surface area contributed by atoms with Crippen molar-refractivity contribution < 1.29 is 4.79 Å². The molecule has 1 aliphatic carbocycles. The number of hydrogen-bond donors (Lipinski definition) is 2. The zero-order valence-corrected chi connectivity index (χ0v) is 19.1. The van der Waals surface area contributed by atoms with E-state index in [0.29, 0.717) is 17.9 Å². The maximum Gasteiger partial charge on any atom is 0.225 e. The summed E-state index contributed by atoms with van der Waals surface area (Å²) < 4.78 is 0. The van der Waals surface area contributed by atoms with Crippen LogP contribution in [0.25, 0.3) is 0 Å². The van der Waals surface area contributed by atoms with Gasteiger partial charge in [-0.1, -0.05) is 73.5 Å². The number of piperidine rings is 1. The van der Waals surface area contributed by atoms with Crippen LogP contribution in [0.3, 0.4) is 0 Å². The van der Waals surface area contributed by atoms with Crippen molar-refractivity contribution in [3.8, 4) is 0 Å². The summed E-state index contributed by atoms with van der Waals surface area (Å²) >= 11 is 0. The highest BCUT2D eigenvalue weighted by molar-refractivity contribution is 5.82. The molecule has 5 rings (SSSR count). The minimum absolute atomic E-state index is 0.101. The number of hydrogen-bond acceptors (Lipinski definition) is 3. The van der Waals surface area contributed by atoms with E-state index in [2.05, 4.69) is 70.9 Å². The molecule has 2 aromatic rings. The van der Waals surface area contributed by atoms with Crippen molar-refractivity contribution in [2.45, 2.75) is 62.9 Å². The molecule has 0 spiro atoms. The normalized spacial score (nSPS) is 30.4. The highest BCUT2D eigenvalue weighted by atomic mass is 16.1. The number of benzene rings is 2. The Kier molecular flexibility index (Phi) is 6.34. The van der Waals surface area contributed by atoms with E-state index in [0.717, 1.165) is 38.9 Å². The van der Waals surface area contributed by atoms with Gasteiger partial charge in [-0.05, 0) is 68.2 Å². The summed E-state index contributed by atoms with van der Waals surface area (Å²) in [5.41, 5.74) is 8.54. The zero-order valence-electron chi connectivity index (χ0n) is 19.1. The molecule has 4 heteroatoms. The van der Waals surface area contributed by atoms with E-state index in [9.17, 15) is 4.79 Å². The molecule has 3 unspecified atom stereocenters. The minimum Gasteiger partial charge on any atom is -0.369 e. The van der Waals surface area contributed by atoms with Crippen LogP contribution in [0.5, 0.6) is 0 Å². The fraction of sp³-hybridized carbons (Fsp3) is 0.536. The van der Waals surface area contributed by atoms with Gasteiger partial charge in [-0.25, -0.2) is 0 Å². The quantitative estimate of drug-likeness (QED) is 0.724. The smallest absolute Gasteiger partial charge is 0.225 e. The molecular weight excluding hydrogens is 394 g/mol. The number of nitrogens with two attached hydrogens (primary N) is 1. The number of carbonyl (C=O) groups is 1. The molecule has 4 nitrogen and oxygen atoms in total. The predicted molar refractivity (Wildman–Crippen MR) is 129 cm³/mol. The van der Waals surface area contributed by atoms with Crippen molar-refractivity contribution >= 4 is 5.91 Å². The molecule has 2 heterocycles. The lowest BCUT2D eigenvalue weighted by Gasteiger charge is -2.54. The lowest BCUT2D eigenvalue weighted by atomic mass is 9.63. The Morgan fingerprint density at radius 2 is 1.62 bits per heavy atom. The summed E-state index contributed by atoms with van der Waals surface area (Å²) in [6.07, 6.45) is 7.95. The van der Waals surface area contributed by atoms with E-state index in [1.807, 2.05) is 0 Å². The number of nitrogens with zero attached hydrogens (tertiary/aromatic N) is 1. The molecule has 3 aliphatic rings. The van der Waals surface area contributed by atoms with Crippen LogP contribution in [-0.4, -0.2) is 42.5 Å². The second-order valence-corrected chi connectivity index (χ2v) is 10.3. The first kappa shape index (κ1) is 21.7. The maximum atomic E-state index is 12.8. The second kappa shape index (κ2) is 9.36. The number of amides is 1. The monoisotopic (exact) mass is 431 g/mol. The Balaban J connectivity index is 1.28. The highest BCUT2D eigenvalue weighted by Crippen LogP contribution is 2.44. The van der Waals surface area contributed by atoms with E-state index < -0.39 is 5.41 Å². The van der Waals surface area contributed by atoms with Crippen molar-refractivity contribution in [1.82, 2.24) is 10.2 Å². The number of nitrogens with one attached hydrogen (secondary N) is 1. The highest BCUT2D eigenvalue weighted by Gasteiger charge is 2.53. The molecular formula is C28H37N3O. The van der Waals surface area contributed by atoms with E-state index in [4.69, 9.17) is 5.73 Å². The van der Waals surface area contributed by atoms with Gasteiger partial charge in [-0.15, -0.1) is 0 Å². The minimum atomic E-state index is -0.412. The van der Waals surface area contributed by atoms with Crippen molar-refractivity contribution in [1.29, 1.82) is 0 Å². The van der Waals surface area contributed by atoms with Gasteiger partial charge in [0.05, 0.1) is 5.41 Å². The van der Waals surface area contributed by atoms with Gasteiger partial charge in [0, 0.05) is 18.6 Å². The van der Waals surface area contributed by atoms with Crippen LogP contribution in [0.15, 0.2) is 60.7 Å². The third-order valence-electron chi connectivity index (χ3n) is 8.61. The van der Waals surface area contributed by atoms with E-state index >= 15 is 0 Å². The summed E-state index contributed by atoms with van der Waals surface area (Å²) in [7, 11) is 0. The van der Waals surface area contributed by atoms with Crippen LogP contribution in [-0.2, 0) is 11.2 Å². The van der Waals surface area contributed by atoms with Crippen molar-refractivity contribution in [2.24, 2.45) is 17.1 Å². The van der Waals surface area contributed by atoms with Crippen molar-refractivity contribution in [3.63, 3.8) is 0 Å². The molecule has 0 radical (unpaired) electrons. The standard InChI is InChI=1S/C28H37N3O/c29-27(32)28(26-23(20-30-26)19-21-9-3-1-4-10-21)15-17-31(18-16-28)25-14-8-7-13-24(25)22-11-5-2-6-12-22/h1-6,9-12,23-26,30H,7-8,13-20H2,(H2,29,32)/t23?,24?,25-,26?/m0/s1. The predicted octanol–water partition coefficient (Wildman–Crippen LogP) is 4.11. The molecule has 4 atom stereocenters. The number of likely N-dealkylation sites (tertiary alicyclic amines) is 1. The molecule has 170 valence electrons. The Morgan fingerprint density at radius 1 is 0.969 bits per heavy atom. The molecule has 3 N–H and O–H groups in total. The average molecular weight is 432 g/mol. The SMILES string of the molecule is NC(=O)C1(C2NCC2Cc2ccccc2)CCN([C@H]2CCCCC2c2ccccc2)CC1. The molecule has 32 heavy (non-hydrogen) atoms. The van der Waals surface area contributed by atoms with Gasteiger partial charge >= 0.3 is 0 Å². The van der Waals surface area contributed by atoms with Gasteiger partial charge in [0.15, 0.2) is 0 Å². The van der Waals surface area contributed by atoms with Gasteiger partial charge in [0.2, 0.25) is 5.91 Å². The molecule has 0 aromatic heterocycles. The van der Waals surface area contributed by atoms with Crippen LogP contribution >= 0.6 is 0 Å². The zero-order chi connectivity index (χ0) is 22.0. The third kappa shape index (κ3) is 4.11. The topological polar surface area (TPSA) is 58.4 Å². The molecule has 3 fully saturated rings. The van der Waals surface area contributed by atoms with E-state index in [1.54, 1.807) is 0 Å². The van der Waals surface area contributed by atoms with Crippen LogP contribution in [0.2, 0.25) is 0 Å². The molecule has 2 aromatic carbocycles. The van der Waals surface area contributed by atoms with Crippen molar-refractivity contribution in [3.05, 3.63) is 71.8 Å². The van der Waals surface area contributed by atoms with Gasteiger partial charge in [-0.3, -0.25) is 9.69 Å². The summed E-state index contributed by atoms with van der Waals surface area (Å²) in [6.45, 7) is 2.94. The van der Waals surface area contributed by atoms with Crippen LogP contribution in [0.1, 0.15) is 55.6 Å². The van der Waals surface area contributed by atoms with Gasteiger partial charge in [0.1, 0.15) is 0 Å². The fourth-order valence-electron chi connectivity index (χ4n) is 6.76. The number of carbonyl (C=O) groups excluding carboxylic acids is 1. The van der Waals surface area contributed by atoms with Gasteiger partial charge in [0.25, 0.3) is 0 Å². The largest absolute Gasteiger partial charge is 0.369 e. The first-order valence-corrected chi connectivity index (χ1v) is 12.5. The lowest BCUT2D eigenvalue weighted by Crippen LogP contribution is -2.68. The van der Waals surface area contributed by atoms with E-state index in [1.165, 1.54) is 36.8 Å². The fourth-order valence-corrected chi connectivity index (χ4v) is 6.76. The summed E-state index contributed by atoms with van der Waals surface area (Å²) in [4.78, 5) is 15.5. The Labute approximate surface area is 192 Å². The molecule has 2 saturated heterocycles. The molecule has 1 saturated carbocycles. The first-order chi connectivity index (χ1) is 15.7. The Morgan fingerprint density at radius 3 is 2.25 bits per heavy atom. The maximum absolute atomic E-state index is 12.8. The molecule has 2 aliphatic heterocycles. The van der Waals surface area contributed by atoms with E-state index in [-0.39, 0.29) is 11.9 Å². The summed E-state index contributed by atoms with van der Waals surface area (Å²) in [6, 6.07) is 22.5. The Bertz CT molecular complexity index is 891. The molecule has 1 amide bonds.